The van der Waals surface area contributed by atoms with Crippen LogP contribution in [-0.4, -0.2) is 38.6 Å². The third-order valence-electron chi connectivity index (χ3n) is 4.90. The molecule has 1 aromatic heterocycles. The van der Waals surface area contributed by atoms with Gasteiger partial charge in [0, 0.05) is 24.3 Å². The zero-order valence-corrected chi connectivity index (χ0v) is 15.7. The van der Waals surface area contributed by atoms with Gasteiger partial charge in [-0.2, -0.15) is 0 Å². The number of tetrazole rings is 1. The Labute approximate surface area is 162 Å². The van der Waals surface area contributed by atoms with Crippen molar-refractivity contribution < 1.29 is 9.59 Å². The maximum Gasteiger partial charge on any atom is 0.229 e. The Balaban J connectivity index is 1.45. The van der Waals surface area contributed by atoms with E-state index in [4.69, 9.17) is 0 Å². The monoisotopic (exact) mass is 376 g/mol. The molecule has 1 atom stereocenters. The summed E-state index contributed by atoms with van der Waals surface area (Å²) in [5.74, 6) is -0.569. The summed E-state index contributed by atoms with van der Waals surface area (Å²) in [7, 11) is 0. The van der Waals surface area contributed by atoms with E-state index in [-0.39, 0.29) is 24.2 Å². The fourth-order valence-corrected chi connectivity index (χ4v) is 3.36. The maximum absolute atomic E-state index is 12.7. The molecule has 2 heterocycles. The van der Waals surface area contributed by atoms with Crippen LogP contribution in [0.1, 0.15) is 17.5 Å². The van der Waals surface area contributed by atoms with Gasteiger partial charge in [0.05, 0.1) is 11.6 Å². The highest BCUT2D eigenvalue weighted by Crippen LogP contribution is 2.27. The summed E-state index contributed by atoms with van der Waals surface area (Å²) >= 11 is 0. The molecular weight excluding hydrogens is 356 g/mol. The molecule has 1 fully saturated rings. The Morgan fingerprint density at radius 1 is 1.14 bits per heavy atom. The van der Waals surface area contributed by atoms with Crippen LogP contribution in [0.3, 0.4) is 0 Å². The highest BCUT2D eigenvalue weighted by molar-refractivity contribution is 6.03. The normalized spacial score (nSPS) is 16.4. The van der Waals surface area contributed by atoms with E-state index in [2.05, 4.69) is 20.8 Å². The summed E-state index contributed by atoms with van der Waals surface area (Å²) in [6.07, 6.45) is 1.73. The Kier molecular flexibility index (Phi) is 4.60. The van der Waals surface area contributed by atoms with E-state index in [9.17, 15) is 9.59 Å². The van der Waals surface area contributed by atoms with Crippen molar-refractivity contribution in [3.05, 3.63) is 59.9 Å². The lowest BCUT2D eigenvalue weighted by molar-refractivity contribution is -0.122. The fraction of sp³-hybridized carbons (Fsp3) is 0.250. The molecule has 0 radical (unpaired) electrons. The summed E-state index contributed by atoms with van der Waals surface area (Å²) in [5, 5.41) is 14.1. The van der Waals surface area contributed by atoms with Crippen LogP contribution in [0.15, 0.2) is 48.8 Å². The summed E-state index contributed by atoms with van der Waals surface area (Å²) in [4.78, 5) is 26.7. The van der Waals surface area contributed by atoms with Crippen LogP contribution in [0.5, 0.6) is 0 Å². The van der Waals surface area contributed by atoms with Gasteiger partial charge in [0.25, 0.3) is 0 Å². The number of nitrogens with one attached hydrogen (secondary N) is 1. The first-order valence-electron chi connectivity index (χ1n) is 9.03. The first-order valence-corrected chi connectivity index (χ1v) is 9.03. The van der Waals surface area contributed by atoms with Crippen molar-refractivity contribution >= 4 is 23.2 Å². The van der Waals surface area contributed by atoms with E-state index < -0.39 is 0 Å². The van der Waals surface area contributed by atoms with E-state index in [1.807, 2.05) is 50.2 Å². The van der Waals surface area contributed by atoms with Crippen LogP contribution in [0.25, 0.3) is 5.69 Å². The van der Waals surface area contributed by atoms with Crippen molar-refractivity contribution in [1.82, 2.24) is 20.2 Å². The molecule has 2 amide bonds. The maximum atomic E-state index is 12.7. The number of anilines is 2. The van der Waals surface area contributed by atoms with Crippen molar-refractivity contribution in [3.8, 4) is 5.69 Å². The second-order valence-electron chi connectivity index (χ2n) is 6.99. The van der Waals surface area contributed by atoms with Gasteiger partial charge in [-0.15, -0.1) is 5.10 Å². The van der Waals surface area contributed by atoms with Crippen molar-refractivity contribution in [2.24, 2.45) is 5.92 Å². The predicted molar refractivity (Wildman–Crippen MR) is 104 cm³/mol. The minimum absolute atomic E-state index is 0.0331. The first kappa shape index (κ1) is 17.8. The number of rotatable bonds is 4. The van der Waals surface area contributed by atoms with Gasteiger partial charge in [0.1, 0.15) is 6.33 Å². The topological polar surface area (TPSA) is 93.0 Å². The molecule has 4 rings (SSSR count). The van der Waals surface area contributed by atoms with Gasteiger partial charge in [-0.25, -0.2) is 4.68 Å². The average Bonchev–Trinajstić information content (AvgIpc) is 3.33. The molecule has 1 aliphatic heterocycles. The van der Waals surface area contributed by atoms with Crippen molar-refractivity contribution in [1.29, 1.82) is 0 Å². The molecule has 0 saturated carbocycles. The number of amides is 2. The standard InChI is InChI=1S/C20H20N6O2/c1-13-3-6-17(7-4-13)25-11-15(10-19(25)27)20(28)22-16-5-8-18(14(2)9-16)26-12-21-23-24-26/h3-9,12,15H,10-11H2,1-2H3,(H,22,28). The number of hydrogen-bond donors (Lipinski definition) is 1. The lowest BCUT2D eigenvalue weighted by Crippen LogP contribution is -2.28. The molecule has 1 N–H and O–H groups in total. The van der Waals surface area contributed by atoms with Gasteiger partial charge < -0.3 is 10.2 Å². The third-order valence-corrected chi connectivity index (χ3v) is 4.90. The number of nitrogens with zero attached hydrogens (tertiary/aromatic N) is 5. The summed E-state index contributed by atoms with van der Waals surface area (Å²) in [5.41, 5.74) is 4.40. The van der Waals surface area contributed by atoms with Crippen LogP contribution in [-0.2, 0) is 9.59 Å². The van der Waals surface area contributed by atoms with Gasteiger partial charge in [0.2, 0.25) is 11.8 Å². The molecule has 28 heavy (non-hydrogen) atoms. The highest BCUT2D eigenvalue weighted by Gasteiger charge is 2.35. The second kappa shape index (κ2) is 7.22. The third kappa shape index (κ3) is 3.48. The SMILES string of the molecule is Cc1ccc(N2CC(C(=O)Nc3ccc(-n4cnnn4)c(C)c3)CC2=O)cc1. The Morgan fingerprint density at radius 3 is 2.61 bits per heavy atom. The molecule has 0 aliphatic carbocycles. The zero-order valence-electron chi connectivity index (χ0n) is 15.7. The number of carbonyl (C=O) groups is 2. The van der Waals surface area contributed by atoms with Crippen LogP contribution >= 0.6 is 0 Å². The van der Waals surface area contributed by atoms with E-state index in [1.54, 1.807) is 15.6 Å². The highest BCUT2D eigenvalue weighted by atomic mass is 16.2. The van der Waals surface area contributed by atoms with Crippen LogP contribution in [0.2, 0.25) is 0 Å². The molecule has 3 aromatic rings. The molecule has 8 heteroatoms. The van der Waals surface area contributed by atoms with Gasteiger partial charge in [0.15, 0.2) is 0 Å². The number of aryl methyl sites for hydroxylation is 2. The molecule has 1 unspecified atom stereocenters. The minimum Gasteiger partial charge on any atom is -0.326 e. The Morgan fingerprint density at radius 2 is 1.93 bits per heavy atom. The van der Waals surface area contributed by atoms with E-state index >= 15 is 0 Å². The largest absolute Gasteiger partial charge is 0.326 e. The summed E-state index contributed by atoms with van der Waals surface area (Å²) in [6, 6.07) is 13.3. The van der Waals surface area contributed by atoms with Crippen molar-refractivity contribution in [2.75, 3.05) is 16.8 Å². The number of benzene rings is 2. The average molecular weight is 376 g/mol. The number of carbonyl (C=O) groups excluding carboxylic acids is 2. The number of aromatic nitrogens is 4. The molecule has 1 saturated heterocycles. The molecule has 2 aromatic carbocycles. The molecule has 0 bridgehead atoms. The van der Waals surface area contributed by atoms with Gasteiger partial charge >= 0.3 is 0 Å². The fourth-order valence-electron chi connectivity index (χ4n) is 3.36. The lowest BCUT2D eigenvalue weighted by Gasteiger charge is -2.17. The van der Waals surface area contributed by atoms with E-state index in [0.29, 0.717) is 12.2 Å². The molecule has 8 nitrogen and oxygen atoms in total. The summed E-state index contributed by atoms with van der Waals surface area (Å²) in [6.45, 7) is 4.30. The van der Waals surface area contributed by atoms with Crippen molar-refractivity contribution in [2.45, 2.75) is 20.3 Å². The Bertz CT molecular complexity index is 1010. The van der Waals surface area contributed by atoms with Gasteiger partial charge in [-0.1, -0.05) is 17.7 Å². The van der Waals surface area contributed by atoms with E-state index in [1.165, 1.54) is 6.33 Å². The zero-order chi connectivity index (χ0) is 19.7. The predicted octanol–water partition coefficient (Wildman–Crippen LogP) is 2.27. The number of hydrogen-bond acceptors (Lipinski definition) is 5. The first-order chi connectivity index (χ1) is 13.5. The van der Waals surface area contributed by atoms with Crippen LogP contribution in [0.4, 0.5) is 11.4 Å². The molecule has 142 valence electrons. The minimum atomic E-state index is -0.381. The second-order valence-corrected chi connectivity index (χ2v) is 6.99. The van der Waals surface area contributed by atoms with E-state index in [0.717, 1.165) is 22.5 Å². The summed E-state index contributed by atoms with van der Waals surface area (Å²) < 4.78 is 1.57. The van der Waals surface area contributed by atoms with Crippen LogP contribution < -0.4 is 10.2 Å². The molecular formula is C20H20N6O2. The van der Waals surface area contributed by atoms with Crippen LogP contribution in [0, 0.1) is 19.8 Å². The van der Waals surface area contributed by atoms with Gasteiger partial charge in [-0.3, -0.25) is 9.59 Å². The lowest BCUT2D eigenvalue weighted by atomic mass is 10.1. The van der Waals surface area contributed by atoms with Gasteiger partial charge in [-0.05, 0) is 60.2 Å². The van der Waals surface area contributed by atoms with Crippen molar-refractivity contribution in [3.63, 3.8) is 0 Å². The molecule has 0 spiro atoms. The molecule has 1 aliphatic rings. The Hall–Kier alpha value is -3.55. The smallest absolute Gasteiger partial charge is 0.229 e. The quantitative estimate of drug-likeness (QED) is 0.754.